The van der Waals surface area contributed by atoms with Crippen molar-refractivity contribution in [1.29, 1.82) is 0 Å². The van der Waals surface area contributed by atoms with Gasteiger partial charge in [0.25, 0.3) is 5.91 Å². The Labute approximate surface area is 133 Å². The van der Waals surface area contributed by atoms with Gasteiger partial charge in [-0.2, -0.15) is 0 Å². The molecule has 0 aromatic heterocycles. The molecule has 1 aromatic carbocycles. The summed E-state index contributed by atoms with van der Waals surface area (Å²) in [5.41, 5.74) is 2.09. The summed E-state index contributed by atoms with van der Waals surface area (Å²) < 4.78 is 0. The molecular weight excluding hydrogens is 284 g/mol. The van der Waals surface area contributed by atoms with Crippen LogP contribution in [0.4, 0.5) is 0 Å². The number of benzene rings is 1. The maximum absolute atomic E-state index is 12.5. The molecule has 21 heavy (non-hydrogen) atoms. The van der Waals surface area contributed by atoms with Crippen molar-refractivity contribution in [3.63, 3.8) is 0 Å². The highest BCUT2D eigenvalue weighted by Gasteiger charge is 2.24. The molecule has 1 saturated heterocycles. The van der Waals surface area contributed by atoms with Gasteiger partial charge in [0.05, 0.1) is 0 Å². The van der Waals surface area contributed by atoms with Crippen LogP contribution >= 0.6 is 12.4 Å². The highest BCUT2D eigenvalue weighted by molar-refractivity contribution is 5.94. The molecule has 4 heteroatoms. The molecule has 1 aromatic rings. The van der Waals surface area contributed by atoms with Crippen molar-refractivity contribution in [1.82, 2.24) is 10.2 Å². The molecule has 0 radical (unpaired) electrons. The predicted molar refractivity (Wildman–Crippen MR) is 87.9 cm³/mol. The molecule has 3 rings (SSSR count). The summed E-state index contributed by atoms with van der Waals surface area (Å²) in [6.07, 6.45) is 6.14. The number of amides is 1. The van der Waals surface area contributed by atoms with Crippen molar-refractivity contribution < 1.29 is 4.79 Å². The van der Waals surface area contributed by atoms with Gasteiger partial charge in [0.1, 0.15) is 0 Å². The third-order valence-corrected chi connectivity index (χ3v) is 4.44. The monoisotopic (exact) mass is 308 g/mol. The molecule has 1 unspecified atom stereocenters. The second kappa shape index (κ2) is 7.28. The van der Waals surface area contributed by atoms with Crippen molar-refractivity contribution in [3.05, 3.63) is 35.4 Å². The van der Waals surface area contributed by atoms with Crippen LogP contribution in [0, 0.1) is 0 Å². The van der Waals surface area contributed by atoms with Crippen molar-refractivity contribution in [2.45, 2.75) is 57.7 Å². The molecule has 0 spiro atoms. The van der Waals surface area contributed by atoms with Crippen LogP contribution in [0.5, 0.6) is 0 Å². The predicted octanol–water partition coefficient (Wildman–Crippen LogP) is 3.38. The van der Waals surface area contributed by atoms with Gasteiger partial charge in [-0.15, -0.1) is 12.4 Å². The summed E-state index contributed by atoms with van der Waals surface area (Å²) >= 11 is 0. The topological polar surface area (TPSA) is 32.3 Å². The van der Waals surface area contributed by atoms with Gasteiger partial charge in [0.15, 0.2) is 0 Å². The van der Waals surface area contributed by atoms with Gasteiger partial charge in [0, 0.05) is 30.7 Å². The number of hydrogen-bond acceptors (Lipinski definition) is 2. The van der Waals surface area contributed by atoms with Crippen LogP contribution in [0.2, 0.25) is 0 Å². The number of rotatable bonds is 4. The first-order valence-electron chi connectivity index (χ1n) is 7.87. The Bertz CT molecular complexity index is 470. The molecule has 1 atom stereocenters. The minimum atomic E-state index is 0. The molecule has 2 fully saturated rings. The van der Waals surface area contributed by atoms with Gasteiger partial charge >= 0.3 is 0 Å². The highest BCUT2D eigenvalue weighted by Crippen LogP contribution is 2.21. The van der Waals surface area contributed by atoms with Crippen LogP contribution < -0.4 is 5.32 Å². The van der Waals surface area contributed by atoms with E-state index in [-0.39, 0.29) is 18.3 Å². The minimum absolute atomic E-state index is 0. The van der Waals surface area contributed by atoms with Gasteiger partial charge in [0.2, 0.25) is 0 Å². The average molecular weight is 309 g/mol. The lowest BCUT2D eigenvalue weighted by Crippen LogP contribution is -2.42. The van der Waals surface area contributed by atoms with Gasteiger partial charge in [-0.05, 0) is 56.7 Å². The van der Waals surface area contributed by atoms with E-state index in [1.165, 1.54) is 24.8 Å². The molecule has 1 amide bonds. The summed E-state index contributed by atoms with van der Waals surface area (Å²) in [6, 6.07) is 9.23. The minimum Gasteiger partial charge on any atom is -0.336 e. The van der Waals surface area contributed by atoms with Gasteiger partial charge in [-0.3, -0.25) is 4.79 Å². The van der Waals surface area contributed by atoms with E-state index >= 15 is 0 Å². The number of carbonyl (C=O) groups is 1. The van der Waals surface area contributed by atoms with Crippen LogP contribution in [0.25, 0.3) is 0 Å². The molecule has 1 saturated carbocycles. The molecular formula is C17H25ClN2O. The largest absolute Gasteiger partial charge is 0.336 e. The quantitative estimate of drug-likeness (QED) is 0.925. The molecule has 1 N–H and O–H groups in total. The molecule has 1 aliphatic carbocycles. The number of nitrogens with one attached hydrogen (secondary N) is 1. The lowest BCUT2D eigenvalue weighted by molar-refractivity contribution is 0.0635. The fourth-order valence-electron chi connectivity index (χ4n) is 2.88. The van der Waals surface area contributed by atoms with E-state index < -0.39 is 0 Å². The highest BCUT2D eigenvalue weighted by atomic mass is 35.5. The van der Waals surface area contributed by atoms with Crippen LogP contribution in [0.15, 0.2) is 24.3 Å². The van der Waals surface area contributed by atoms with Gasteiger partial charge in [-0.1, -0.05) is 12.1 Å². The maximum atomic E-state index is 12.5. The van der Waals surface area contributed by atoms with E-state index in [1.54, 1.807) is 0 Å². The lowest BCUT2D eigenvalue weighted by atomic mass is 10.0. The van der Waals surface area contributed by atoms with Crippen molar-refractivity contribution in [3.8, 4) is 0 Å². The van der Waals surface area contributed by atoms with Crippen molar-refractivity contribution in [2.75, 3.05) is 6.54 Å². The van der Waals surface area contributed by atoms with Crippen LogP contribution in [-0.4, -0.2) is 29.4 Å². The Morgan fingerprint density at radius 1 is 1.19 bits per heavy atom. The second-order valence-electron chi connectivity index (χ2n) is 6.20. The number of halogens is 1. The summed E-state index contributed by atoms with van der Waals surface area (Å²) in [5, 5.41) is 3.50. The number of likely N-dealkylation sites (tertiary alicyclic amines) is 1. The Morgan fingerprint density at radius 2 is 1.90 bits per heavy atom. The number of hydrogen-bond donors (Lipinski definition) is 1. The van der Waals surface area contributed by atoms with E-state index in [4.69, 9.17) is 0 Å². The third-order valence-electron chi connectivity index (χ3n) is 4.44. The Hall–Kier alpha value is -1.06. The Balaban J connectivity index is 0.00000161. The number of carbonyl (C=O) groups excluding carboxylic acids is 1. The maximum Gasteiger partial charge on any atom is 0.254 e. The van der Waals surface area contributed by atoms with Crippen LogP contribution in [0.1, 0.15) is 54.9 Å². The zero-order chi connectivity index (χ0) is 13.9. The molecule has 0 bridgehead atoms. The summed E-state index contributed by atoms with van der Waals surface area (Å²) in [4.78, 5) is 14.5. The molecule has 116 valence electrons. The van der Waals surface area contributed by atoms with Crippen molar-refractivity contribution >= 4 is 18.3 Å². The molecule has 2 aliphatic rings. The van der Waals surface area contributed by atoms with Crippen LogP contribution in [0.3, 0.4) is 0 Å². The van der Waals surface area contributed by atoms with Crippen molar-refractivity contribution in [2.24, 2.45) is 0 Å². The fraction of sp³-hybridized carbons (Fsp3) is 0.588. The van der Waals surface area contributed by atoms with E-state index in [9.17, 15) is 4.79 Å². The summed E-state index contributed by atoms with van der Waals surface area (Å²) in [6.45, 7) is 3.98. The average Bonchev–Trinajstić information content (AvgIpc) is 3.30. The Kier molecular flexibility index (Phi) is 5.65. The standard InChI is InChI=1S/C17H24N2O.ClH/c1-13-4-2-3-11-19(13)17(20)15-7-5-14(6-8-15)12-18-16-9-10-16;/h5-8,13,16,18H,2-4,9-12H2,1H3;1H. The first-order chi connectivity index (χ1) is 9.74. The van der Waals surface area contributed by atoms with E-state index in [1.807, 2.05) is 17.0 Å². The molecule has 1 heterocycles. The Morgan fingerprint density at radius 3 is 2.52 bits per heavy atom. The normalized spacial score (nSPS) is 21.8. The van der Waals surface area contributed by atoms with E-state index in [2.05, 4.69) is 24.4 Å². The summed E-state index contributed by atoms with van der Waals surface area (Å²) in [7, 11) is 0. The zero-order valence-corrected chi connectivity index (χ0v) is 13.5. The SMILES string of the molecule is CC1CCCCN1C(=O)c1ccc(CNC2CC2)cc1.Cl. The fourth-order valence-corrected chi connectivity index (χ4v) is 2.88. The number of nitrogens with zero attached hydrogens (tertiary/aromatic N) is 1. The smallest absolute Gasteiger partial charge is 0.254 e. The molecule has 3 nitrogen and oxygen atoms in total. The lowest BCUT2D eigenvalue weighted by Gasteiger charge is -2.33. The van der Waals surface area contributed by atoms with Crippen LogP contribution in [-0.2, 0) is 6.54 Å². The first kappa shape index (κ1) is 16.3. The zero-order valence-electron chi connectivity index (χ0n) is 12.7. The van der Waals surface area contributed by atoms with Gasteiger partial charge in [-0.25, -0.2) is 0 Å². The third kappa shape index (κ3) is 4.21. The van der Waals surface area contributed by atoms with Gasteiger partial charge < -0.3 is 10.2 Å². The summed E-state index contributed by atoms with van der Waals surface area (Å²) in [5.74, 6) is 0.193. The van der Waals surface area contributed by atoms with E-state index in [0.29, 0.717) is 6.04 Å². The first-order valence-corrected chi connectivity index (χ1v) is 7.87. The number of piperidine rings is 1. The molecule has 1 aliphatic heterocycles. The van der Waals surface area contributed by atoms with E-state index in [0.717, 1.165) is 37.5 Å². The second-order valence-corrected chi connectivity index (χ2v) is 6.20.